The van der Waals surface area contributed by atoms with Crippen LogP contribution in [0.4, 0.5) is 4.79 Å². The summed E-state index contributed by atoms with van der Waals surface area (Å²) >= 11 is 0. The van der Waals surface area contributed by atoms with Crippen LogP contribution in [0.25, 0.3) is 11.5 Å². The van der Waals surface area contributed by atoms with Crippen LogP contribution in [0.3, 0.4) is 0 Å². The van der Waals surface area contributed by atoms with Gasteiger partial charge >= 0.3 is 6.03 Å². The predicted octanol–water partition coefficient (Wildman–Crippen LogP) is 2.48. The van der Waals surface area contributed by atoms with Crippen molar-refractivity contribution >= 4 is 17.8 Å². The molecule has 1 saturated heterocycles. The molecule has 1 aromatic carbocycles. The maximum Gasteiger partial charge on any atom is 0.344 e. The summed E-state index contributed by atoms with van der Waals surface area (Å²) in [7, 11) is 0. The molecule has 4 rings (SSSR count). The number of carbonyl (C=O) groups excluding carboxylic acids is 3. The molecule has 2 heterocycles. The Hall–Kier alpha value is -3.16. The fourth-order valence-corrected chi connectivity index (χ4v) is 3.83. The van der Waals surface area contributed by atoms with Crippen LogP contribution in [0.5, 0.6) is 0 Å². The topological polar surface area (TPSA) is 105 Å². The summed E-state index contributed by atoms with van der Waals surface area (Å²) in [6.07, 6.45) is 3.93. The Kier molecular flexibility index (Phi) is 4.62. The van der Waals surface area contributed by atoms with E-state index in [0.29, 0.717) is 30.2 Å². The maximum absolute atomic E-state index is 12.7. The fraction of sp³-hybridized carbons (Fsp3) is 0.400. The number of amides is 4. The molecule has 0 bridgehead atoms. The molecule has 2 N–H and O–H groups in total. The molecule has 4 amide bonds. The van der Waals surface area contributed by atoms with Gasteiger partial charge in [-0.1, -0.05) is 37.5 Å². The van der Waals surface area contributed by atoms with Gasteiger partial charge in [0, 0.05) is 5.56 Å². The van der Waals surface area contributed by atoms with Crippen LogP contribution >= 0.6 is 0 Å². The Morgan fingerprint density at radius 1 is 1.21 bits per heavy atom. The van der Waals surface area contributed by atoms with E-state index in [4.69, 9.17) is 4.42 Å². The number of hydrogen-bond donors (Lipinski definition) is 2. The highest BCUT2D eigenvalue weighted by molar-refractivity contribution is 6.08. The summed E-state index contributed by atoms with van der Waals surface area (Å²) in [5.74, 6) is 0.0757. The first-order valence-electron chi connectivity index (χ1n) is 9.46. The molecule has 28 heavy (non-hydrogen) atoms. The minimum absolute atomic E-state index is 0.0910. The van der Waals surface area contributed by atoms with Crippen molar-refractivity contribution in [2.24, 2.45) is 0 Å². The van der Waals surface area contributed by atoms with E-state index in [2.05, 4.69) is 15.7 Å². The molecule has 1 spiro atoms. The highest BCUT2D eigenvalue weighted by atomic mass is 16.4. The molecule has 8 heteroatoms. The summed E-state index contributed by atoms with van der Waals surface area (Å²) in [5, 5.41) is 3.57. The molecule has 0 unspecified atom stereocenters. The molecular formula is C20H22N4O4. The van der Waals surface area contributed by atoms with Gasteiger partial charge in [-0.15, -0.1) is 0 Å². The van der Waals surface area contributed by atoms with Crippen molar-refractivity contribution in [3.05, 3.63) is 41.8 Å². The molecule has 1 saturated carbocycles. The van der Waals surface area contributed by atoms with Gasteiger partial charge in [0.05, 0.1) is 12.1 Å². The smallest absolute Gasteiger partial charge is 0.344 e. The zero-order valence-corrected chi connectivity index (χ0v) is 15.7. The number of rotatable bonds is 4. The Morgan fingerprint density at radius 2 is 1.93 bits per heavy atom. The molecule has 2 fully saturated rings. The number of aromatic nitrogens is 1. The minimum Gasteiger partial charge on any atom is -0.441 e. The average molecular weight is 382 g/mol. The number of nitrogens with one attached hydrogen (secondary N) is 2. The van der Waals surface area contributed by atoms with E-state index >= 15 is 0 Å². The Bertz CT molecular complexity index is 916. The molecule has 1 aliphatic heterocycles. The number of aryl methyl sites for hydroxylation is 1. The van der Waals surface area contributed by atoms with E-state index in [9.17, 15) is 14.4 Å². The lowest BCUT2D eigenvalue weighted by Crippen LogP contribution is -2.51. The van der Waals surface area contributed by atoms with Crippen LogP contribution in [0.2, 0.25) is 0 Å². The van der Waals surface area contributed by atoms with Gasteiger partial charge in [-0.05, 0) is 31.9 Å². The highest BCUT2D eigenvalue weighted by Gasteiger charge is 2.52. The van der Waals surface area contributed by atoms with Gasteiger partial charge in [0.2, 0.25) is 11.8 Å². The molecule has 146 valence electrons. The van der Waals surface area contributed by atoms with E-state index < -0.39 is 17.5 Å². The monoisotopic (exact) mass is 382 g/mol. The van der Waals surface area contributed by atoms with E-state index in [1.165, 1.54) is 0 Å². The van der Waals surface area contributed by atoms with E-state index in [1.54, 1.807) is 6.92 Å². The SMILES string of the molecule is Cc1oc(-c2ccccc2)nc1CC(=O)NN1C(=O)NC2(CCCCC2)C1=O. The van der Waals surface area contributed by atoms with Crippen molar-refractivity contribution in [1.82, 2.24) is 20.7 Å². The van der Waals surface area contributed by atoms with Crippen LogP contribution in [-0.2, 0) is 16.0 Å². The quantitative estimate of drug-likeness (QED) is 0.791. The van der Waals surface area contributed by atoms with Gasteiger partial charge in [0.25, 0.3) is 5.91 Å². The van der Waals surface area contributed by atoms with Crippen molar-refractivity contribution in [2.75, 3.05) is 0 Å². The standard InChI is InChI=1S/C20H22N4O4/c1-13-15(21-17(28-13)14-8-4-2-5-9-14)12-16(25)23-24-18(26)20(22-19(24)27)10-6-3-7-11-20/h2,4-5,8-9H,3,6-7,10-12H2,1H3,(H,22,27)(H,23,25). The lowest BCUT2D eigenvalue weighted by molar-refractivity contribution is -0.139. The summed E-state index contributed by atoms with van der Waals surface area (Å²) in [6, 6.07) is 8.80. The number of urea groups is 1. The van der Waals surface area contributed by atoms with Crippen LogP contribution in [-0.4, -0.2) is 33.4 Å². The number of benzene rings is 1. The molecular weight excluding hydrogens is 360 g/mol. The first-order valence-corrected chi connectivity index (χ1v) is 9.46. The number of oxazole rings is 1. The largest absolute Gasteiger partial charge is 0.441 e. The molecule has 2 aliphatic rings. The van der Waals surface area contributed by atoms with Gasteiger partial charge < -0.3 is 9.73 Å². The summed E-state index contributed by atoms with van der Waals surface area (Å²) < 4.78 is 5.65. The van der Waals surface area contributed by atoms with Gasteiger partial charge in [-0.2, -0.15) is 5.01 Å². The molecule has 1 aliphatic carbocycles. The van der Waals surface area contributed by atoms with E-state index in [-0.39, 0.29) is 12.3 Å². The second-order valence-corrected chi connectivity index (χ2v) is 7.31. The van der Waals surface area contributed by atoms with Gasteiger partial charge in [-0.25, -0.2) is 9.78 Å². The van der Waals surface area contributed by atoms with Gasteiger partial charge in [0.15, 0.2) is 0 Å². The first-order chi connectivity index (χ1) is 13.5. The van der Waals surface area contributed by atoms with Gasteiger partial charge in [-0.3, -0.25) is 15.0 Å². The second-order valence-electron chi connectivity index (χ2n) is 7.31. The third kappa shape index (κ3) is 3.26. The summed E-state index contributed by atoms with van der Waals surface area (Å²) in [4.78, 5) is 41.8. The Morgan fingerprint density at radius 3 is 2.64 bits per heavy atom. The summed E-state index contributed by atoms with van der Waals surface area (Å²) in [5.41, 5.74) is 2.84. The van der Waals surface area contributed by atoms with Crippen LogP contribution in [0.15, 0.2) is 34.7 Å². The Balaban J connectivity index is 1.44. The molecule has 8 nitrogen and oxygen atoms in total. The lowest BCUT2D eigenvalue weighted by atomic mass is 9.82. The average Bonchev–Trinajstić information content (AvgIpc) is 3.16. The summed E-state index contributed by atoms with van der Waals surface area (Å²) in [6.45, 7) is 1.73. The van der Waals surface area contributed by atoms with Crippen molar-refractivity contribution in [2.45, 2.75) is 51.0 Å². The number of hydrazine groups is 1. The minimum atomic E-state index is -0.868. The van der Waals surface area contributed by atoms with Crippen LogP contribution < -0.4 is 10.7 Å². The molecule has 0 atom stereocenters. The fourth-order valence-electron chi connectivity index (χ4n) is 3.83. The van der Waals surface area contributed by atoms with Gasteiger partial charge in [0.1, 0.15) is 11.3 Å². The first kappa shape index (κ1) is 18.2. The molecule has 2 aromatic rings. The normalized spacial score (nSPS) is 18.4. The van der Waals surface area contributed by atoms with E-state index in [1.807, 2.05) is 30.3 Å². The highest BCUT2D eigenvalue weighted by Crippen LogP contribution is 2.33. The molecule has 1 aromatic heterocycles. The third-order valence-electron chi connectivity index (χ3n) is 5.35. The predicted molar refractivity (Wildman–Crippen MR) is 99.7 cm³/mol. The van der Waals surface area contributed by atoms with Crippen LogP contribution in [0, 0.1) is 6.92 Å². The second kappa shape index (κ2) is 7.10. The molecule has 0 radical (unpaired) electrons. The lowest BCUT2D eigenvalue weighted by Gasteiger charge is -2.30. The van der Waals surface area contributed by atoms with Crippen LogP contribution in [0.1, 0.15) is 43.6 Å². The number of imide groups is 1. The van der Waals surface area contributed by atoms with Crippen molar-refractivity contribution in [1.29, 1.82) is 0 Å². The number of carbonyl (C=O) groups is 3. The van der Waals surface area contributed by atoms with Crippen molar-refractivity contribution in [3.63, 3.8) is 0 Å². The number of nitrogens with zero attached hydrogens (tertiary/aromatic N) is 2. The third-order valence-corrected chi connectivity index (χ3v) is 5.35. The maximum atomic E-state index is 12.7. The Labute approximate surface area is 162 Å². The zero-order valence-electron chi connectivity index (χ0n) is 15.7. The van der Waals surface area contributed by atoms with E-state index in [0.717, 1.165) is 29.8 Å². The zero-order chi connectivity index (χ0) is 19.7. The number of hydrogen-bond acceptors (Lipinski definition) is 5. The van der Waals surface area contributed by atoms with Crippen molar-refractivity contribution in [3.8, 4) is 11.5 Å². The van der Waals surface area contributed by atoms with Crippen molar-refractivity contribution < 1.29 is 18.8 Å².